The van der Waals surface area contributed by atoms with Crippen LogP contribution in [0.5, 0.6) is 0 Å². The first-order valence-electron chi connectivity index (χ1n) is 10.2. The number of benzene rings is 2. The van der Waals surface area contributed by atoms with Crippen molar-refractivity contribution in [1.82, 2.24) is 20.0 Å². The van der Waals surface area contributed by atoms with Crippen LogP contribution in [0.25, 0.3) is 16.9 Å². The summed E-state index contributed by atoms with van der Waals surface area (Å²) in [6, 6.07) is 21.5. The van der Waals surface area contributed by atoms with Gasteiger partial charge in [-0.05, 0) is 50.8 Å². The van der Waals surface area contributed by atoms with E-state index in [0.717, 1.165) is 22.6 Å². The smallest absolute Gasteiger partial charge is 0.255 e. The van der Waals surface area contributed by atoms with Crippen molar-refractivity contribution in [3.05, 3.63) is 96.1 Å². The van der Waals surface area contributed by atoms with E-state index in [2.05, 4.69) is 5.32 Å². The van der Waals surface area contributed by atoms with Gasteiger partial charge in [-0.3, -0.25) is 9.69 Å². The maximum absolute atomic E-state index is 13.3. The van der Waals surface area contributed by atoms with Crippen LogP contribution in [-0.4, -0.2) is 41.2 Å². The topological polar surface area (TPSA) is 63.3 Å². The average Bonchev–Trinajstić information content (AvgIpc) is 3.45. The van der Waals surface area contributed by atoms with Crippen molar-refractivity contribution in [2.75, 3.05) is 20.6 Å². The maximum atomic E-state index is 13.3. The molecule has 0 aliphatic carbocycles. The van der Waals surface area contributed by atoms with Gasteiger partial charge in [-0.15, -0.1) is 0 Å². The fourth-order valence-corrected chi connectivity index (χ4v) is 3.59. The summed E-state index contributed by atoms with van der Waals surface area (Å²) in [7, 11) is 3.93. The Morgan fingerprint density at radius 2 is 1.81 bits per heavy atom. The molecule has 0 spiro atoms. The third kappa shape index (κ3) is 4.44. The summed E-state index contributed by atoms with van der Waals surface area (Å²) in [6.07, 6.45) is 3.44. The number of amides is 1. The SMILES string of the molecule is Cc1ccccc1-c1nn(-c2ccccc2)cc1C(=O)NCC(c1ccco1)N(C)C. The molecule has 0 saturated carbocycles. The van der Waals surface area contributed by atoms with Crippen molar-refractivity contribution in [3.8, 4) is 16.9 Å². The molecule has 1 N–H and O–H groups in total. The molecule has 1 atom stereocenters. The van der Waals surface area contributed by atoms with Crippen LogP contribution in [0, 0.1) is 6.92 Å². The lowest BCUT2D eigenvalue weighted by Crippen LogP contribution is -2.34. The molecular formula is C25H26N4O2. The fraction of sp³-hybridized carbons (Fsp3) is 0.200. The molecule has 2 aromatic heterocycles. The lowest BCUT2D eigenvalue weighted by molar-refractivity contribution is 0.0939. The molecular weight excluding hydrogens is 388 g/mol. The highest BCUT2D eigenvalue weighted by Gasteiger charge is 2.22. The van der Waals surface area contributed by atoms with Crippen LogP contribution in [0.1, 0.15) is 27.7 Å². The number of aromatic nitrogens is 2. The van der Waals surface area contributed by atoms with Crippen LogP contribution in [0.15, 0.2) is 83.6 Å². The zero-order valence-electron chi connectivity index (χ0n) is 17.9. The van der Waals surface area contributed by atoms with E-state index in [4.69, 9.17) is 9.52 Å². The molecule has 0 bridgehead atoms. The van der Waals surface area contributed by atoms with Crippen LogP contribution < -0.4 is 5.32 Å². The quantitative estimate of drug-likeness (QED) is 0.485. The number of hydrogen-bond donors (Lipinski definition) is 1. The van der Waals surface area contributed by atoms with Gasteiger partial charge in [0.1, 0.15) is 11.5 Å². The standard InChI is InChI=1S/C25H26N4O2/c1-18-10-7-8-13-20(18)24-21(17-29(27-24)19-11-5-4-6-12-19)25(30)26-16-22(28(2)3)23-14-9-15-31-23/h4-15,17,22H,16H2,1-3H3,(H,26,30). The average molecular weight is 415 g/mol. The van der Waals surface area contributed by atoms with Gasteiger partial charge in [-0.25, -0.2) is 4.68 Å². The second kappa shape index (κ2) is 9.02. The van der Waals surface area contributed by atoms with Crippen LogP contribution in [-0.2, 0) is 0 Å². The first-order chi connectivity index (χ1) is 15.0. The molecule has 6 heteroatoms. The Hall–Kier alpha value is -3.64. The molecule has 0 fully saturated rings. The number of likely N-dealkylation sites (N-methyl/N-ethyl adjacent to an activating group) is 1. The Morgan fingerprint density at radius 1 is 1.06 bits per heavy atom. The van der Waals surface area contributed by atoms with E-state index >= 15 is 0 Å². The molecule has 158 valence electrons. The summed E-state index contributed by atoms with van der Waals surface area (Å²) < 4.78 is 7.31. The second-order valence-electron chi connectivity index (χ2n) is 7.69. The van der Waals surface area contributed by atoms with E-state index in [0.29, 0.717) is 17.8 Å². The summed E-state index contributed by atoms with van der Waals surface area (Å²) in [4.78, 5) is 15.3. The third-order valence-corrected chi connectivity index (χ3v) is 5.33. The lowest BCUT2D eigenvalue weighted by Gasteiger charge is -2.22. The number of carbonyl (C=O) groups is 1. The van der Waals surface area contributed by atoms with Crippen LogP contribution in [0.3, 0.4) is 0 Å². The molecule has 0 radical (unpaired) electrons. The fourth-order valence-electron chi connectivity index (χ4n) is 3.59. The number of nitrogens with zero attached hydrogens (tertiary/aromatic N) is 3. The van der Waals surface area contributed by atoms with Gasteiger partial charge in [0.05, 0.1) is 23.6 Å². The molecule has 2 heterocycles. The summed E-state index contributed by atoms with van der Waals surface area (Å²) in [6.45, 7) is 2.45. The number of furan rings is 1. The predicted molar refractivity (Wildman–Crippen MR) is 121 cm³/mol. The minimum absolute atomic E-state index is 0.0648. The summed E-state index contributed by atoms with van der Waals surface area (Å²) in [5, 5.41) is 7.84. The Morgan fingerprint density at radius 3 is 2.48 bits per heavy atom. The minimum atomic E-state index is -0.168. The van der Waals surface area contributed by atoms with Gasteiger partial charge >= 0.3 is 0 Å². The first-order valence-corrected chi connectivity index (χ1v) is 10.2. The molecule has 4 rings (SSSR count). The van der Waals surface area contributed by atoms with Crippen molar-refractivity contribution in [2.45, 2.75) is 13.0 Å². The van der Waals surface area contributed by atoms with E-state index in [1.165, 1.54) is 0 Å². The number of rotatable bonds is 7. The number of nitrogens with one attached hydrogen (secondary N) is 1. The molecule has 0 aliphatic heterocycles. The highest BCUT2D eigenvalue weighted by molar-refractivity contribution is 6.00. The van der Waals surface area contributed by atoms with Crippen molar-refractivity contribution < 1.29 is 9.21 Å². The van der Waals surface area contributed by atoms with Gasteiger partial charge in [-0.1, -0.05) is 42.5 Å². The zero-order chi connectivity index (χ0) is 21.8. The van der Waals surface area contributed by atoms with Gasteiger partial charge in [0.15, 0.2) is 0 Å². The van der Waals surface area contributed by atoms with E-state index in [1.54, 1.807) is 17.1 Å². The Kier molecular flexibility index (Phi) is 6.00. The number of carbonyl (C=O) groups excluding carboxylic acids is 1. The Labute approximate surface area is 182 Å². The molecule has 1 unspecified atom stereocenters. The molecule has 6 nitrogen and oxygen atoms in total. The van der Waals surface area contributed by atoms with Gasteiger partial charge in [0.25, 0.3) is 5.91 Å². The van der Waals surface area contributed by atoms with Gasteiger partial charge < -0.3 is 9.73 Å². The number of para-hydroxylation sites is 1. The van der Waals surface area contributed by atoms with E-state index < -0.39 is 0 Å². The molecule has 0 aliphatic rings. The van der Waals surface area contributed by atoms with Crippen LogP contribution >= 0.6 is 0 Å². The zero-order valence-corrected chi connectivity index (χ0v) is 17.9. The van der Waals surface area contributed by atoms with Crippen molar-refractivity contribution in [1.29, 1.82) is 0 Å². The molecule has 4 aromatic rings. The normalized spacial score (nSPS) is 12.1. The molecule has 1 amide bonds. The van der Waals surface area contributed by atoms with Crippen LogP contribution in [0.2, 0.25) is 0 Å². The van der Waals surface area contributed by atoms with Gasteiger partial charge in [0, 0.05) is 18.3 Å². The van der Waals surface area contributed by atoms with Crippen molar-refractivity contribution in [3.63, 3.8) is 0 Å². The first kappa shape index (κ1) is 20.6. The predicted octanol–water partition coefficient (Wildman–Crippen LogP) is 4.47. The van der Waals surface area contributed by atoms with Crippen molar-refractivity contribution in [2.24, 2.45) is 0 Å². The molecule has 2 aromatic carbocycles. The summed E-state index contributed by atoms with van der Waals surface area (Å²) in [5.41, 5.74) is 4.11. The Balaban J connectivity index is 1.67. The third-order valence-electron chi connectivity index (χ3n) is 5.33. The Bertz CT molecular complexity index is 1150. The van der Waals surface area contributed by atoms with Gasteiger partial charge in [0.2, 0.25) is 0 Å². The number of hydrogen-bond acceptors (Lipinski definition) is 4. The minimum Gasteiger partial charge on any atom is -0.468 e. The summed E-state index contributed by atoms with van der Waals surface area (Å²) in [5.74, 6) is 0.642. The summed E-state index contributed by atoms with van der Waals surface area (Å²) >= 11 is 0. The molecule has 0 saturated heterocycles. The van der Waals surface area contributed by atoms with E-state index in [1.807, 2.05) is 92.6 Å². The van der Waals surface area contributed by atoms with Crippen molar-refractivity contribution >= 4 is 5.91 Å². The molecule has 31 heavy (non-hydrogen) atoms. The number of aryl methyl sites for hydroxylation is 1. The van der Waals surface area contributed by atoms with E-state index in [9.17, 15) is 4.79 Å². The van der Waals surface area contributed by atoms with Crippen LogP contribution in [0.4, 0.5) is 0 Å². The largest absolute Gasteiger partial charge is 0.468 e. The monoisotopic (exact) mass is 414 g/mol. The highest BCUT2D eigenvalue weighted by atomic mass is 16.3. The van der Waals surface area contributed by atoms with E-state index in [-0.39, 0.29) is 11.9 Å². The maximum Gasteiger partial charge on any atom is 0.255 e. The second-order valence-corrected chi connectivity index (χ2v) is 7.69. The van der Waals surface area contributed by atoms with Gasteiger partial charge in [-0.2, -0.15) is 5.10 Å². The highest BCUT2D eigenvalue weighted by Crippen LogP contribution is 2.27. The lowest BCUT2D eigenvalue weighted by atomic mass is 10.0.